The standard InChI is InChI=1S/C26H28ClN3O2S/c1-17(24(31)28-16-19-7-6-10-22(27)15-19)20-11-13-30(14-12-20)26(32)23-18(2)29-25(33-23)21-8-4-3-5-9-21/h3-10,15,17,20H,11-14,16H2,1-2H3,(H,28,31)/t17-/m1/s1. The highest BCUT2D eigenvalue weighted by Gasteiger charge is 2.31. The minimum absolute atomic E-state index is 0.0451. The van der Waals surface area contributed by atoms with Crippen LogP contribution in [0.1, 0.15) is 40.7 Å². The van der Waals surface area contributed by atoms with E-state index in [1.54, 1.807) is 0 Å². The molecule has 1 aliphatic heterocycles. The van der Waals surface area contributed by atoms with Gasteiger partial charge in [-0.15, -0.1) is 11.3 Å². The molecule has 1 atom stereocenters. The van der Waals surface area contributed by atoms with Crippen LogP contribution in [-0.2, 0) is 11.3 Å². The number of hydrogen-bond donors (Lipinski definition) is 1. The van der Waals surface area contributed by atoms with Crippen LogP contribution in [0.5, 0.6) is 0 Å². The number of carbonyl (C=O) groups excluding carboxylic acids is 2. The van der Waals surface area contributed by atoms with Gasteiger partial charge in [-0.25, -0.2) is 4.98 Å². The normalized spacial score (nSPS) is 15.3. The van der Waals surface area contributed by atoms with Crippen LogP contribution < -0.4 is 5.32 Å². The van der Waals surface area contributed by atoms with E-state index in [9.17, 15) is 9.59 Å². The van der Waals surface area contributed by atoms with Crippen LogP contribution in [0.4, 0.5) is 0 Å². The Morgan fingerprint density at radius 1 is 1.15 bits per heavy atom. The third kappa shape index (κ3) is 5.63. The van der Waals surface area contributed by atoms with Crippen LogP contribution in [0.3, 0.4) is 0 Å². The van der Waals surface area contributed by atoms with Gasteiger partial charge in [0.15, 0.2) is 0 Å². The zero-order chi connectivity index (χ0) is 23.4. The fraction of sp³-hybridized carbons (Fsp3) is 0.346. The van der Waals surface area contributed by atoms with Crippen LogP contribution in [0, 0.1) is 18.8 Å². The second kappa shape index (κ2) is 10.5. The molecule has 172 valence electrons. The first kappa shape index (κ1) is 23.5. The van der Waals surface area contributed by atoms with Crippen molar-refractivity contribution in [2.45, 2.75) is 33.2 Å². The molecule has 0 unspecified atom stereocenters. The molecule has 1 aromatic heterocycles. The lowest BCUT2D eigenvalue weighted by Gasteiger charge is -2.34. The van der Waals surface area contributed by atoms with E-state index in [1.807, 2.05) is 73.3 Å². The second-order valence-electron chi connectivity index (χ2n) is 8.57. The van der Waals surface area contributed by atoms with Crippen molar-refractivity contribution in [2.24, 2.45) is 11.8 Å². The predicted molar refractivity (Wildman–Crippen MR) is 133 cm³/mol. The molecule has 1 fully saturated rings. The number of halogens is 1. The first-order valence-electron chi connectivity index (χ1n) is 11.3. The summed E-state index contributed by atoms with van der Waals surface area (Å²) in [6.07, 6.45) is 1.64. The molecule has 0 spiro atoms. The van der Waals surface area contributed by atoms with Gasteiger partial charge in [0.05, 0.1) is 5.69 Å². The minimum atomic E-state index is -0.101. The molecule has 0 radical (unpaired) electrons. The molecule has 0 aliphatic carbocycles. The molecule has 4 rings (SSSR count). The van der Waals surface area contributed by atoms with Crippen molar-refractivity contribution in [1.82, 2.24) is 15.2 Å². The highest BCUT2D eigenvalue weighted by atomic mass is 35.5. The van der Waals surface area contributed by atoms with Crippen LogP contribution >= 0.6 is 22.9 Å². The maximum Gasteiger partial charge on any atom is 0.265 e. The Morgan fingerprint density at radius 3 is 2.58 bits per heavy atom. The lowest BCUT2D eigenvalue weighted by molar-refractivity contribution is -0.126. The molecule has 3 aromatic rings. The van der Waals surface area contributed by atoms with Gasteiger partial charge in [-0.05, 0) is 43.4 Å². The van der Waals surface area contributed by atoms with Crippen molar-refractivity contribution in [3.8, 4) is 10.6 Å². The van der Waals surface area contributed by atoms with Crippen molar-refractivity contribution in [3.05, 3.63) is 75.8 Å². The smallest absolute Gasteiger partial charge is 0.265 e. The first-order valence-corrected chi connectivity index (χ1v) is 12.5. The van der Waals surface area contributed by atoms with Crippen molar-refractivity contribution in [1.29, 1.82) is 0 Å². The van der Waals surface area contributed by atoms with Gasteiger partial charge in [-0.2, -0.15) is 0 Å². The average Bonchev–Trinajstić information content (AvgIpc) is 3.24. The molecule has 0 bridgehead atoms. The zero-order valence-electron chi connectivity index (χ0n) is 18.9. The average molecular weight is 482 g/mol. The van der Waals surface area contributed by atoms with E-state index >= 15 is 0 Å². The summed E-state index contributed by atoms with van der Waals surface area (Å²) in [6.45, 7) is 5.67. The predicted octanol–water partition coefficient (Wildman–Crippen LogP) is 5.58. The molecule has 2 amide bonds. The number of benzene rings is 2. The molecule has 1 N–H and O–H groups in total. The summed E-state index contributed by atoms with van der Waals surface area (Å²) in [6, 6.07) is 17.5. The maximum atomic E-state index is 13.2. The summed E-state index contributed by atoms with van der Waals surface area (Å²) in [5.74, 6) is 0.251. The van der Waals surface area contributed by atoms with Gasteiger partial charge in [0.2, 0.25) is 5.91 Å². The Morgan fingerprint density at radius 2 is 1.88 bits per heavy atom. The van der Waals surface area contributed by atoms with Gasteiger partial charge >= 0.3 is 0 Å². The SMILES string of the molecule is Cc1nc(-c2ccccc2)sc1C(=O)N1CCC([C@@H](C)C(=O)NCc2cccc(Cl)c2)CC1. The van der Waals surface area contributed by atoms with Crippen molar-refractivity contribution >= 4 is 34.8 Å². The summed E-state index contributed by atoms with van der Waals surface area (Å²) in [4.78, 5) is 33.1. The highest BCUT2D eigenvalue weighted by molar-refractivity contribution is 7.17. The number of rotatable bonds is 6. The Labute approximate surface area is 203 Å². The van der Waals surface area contributed by atoms with Crippen molar-refractivity contribution < 1.29 is 9.59 Å². The van der Waals surface area contributed by atoms with Crippen molar-refractivity contribution in [2.75, 3.05) is 13.1 Å². The lowest BCUT2D eigenvalue weighted by Crippen LogP contribution is -2.42. The molecular weight excluding hydrogens is 454 g/mol. The molecule has 5 nitrogen and oxygen atoms in total. The molecular formula is C26H28ClN3O2S. The Balaban J connectivity index is 1.31. The fourth-order valence-electron chi connectivity index (χ4n) is 4.26. The van der Waals surface area contributed by atoms with E-state index in [1.165, 1.54) is 11.3 Å². The van der Waals surface area contributed by atoms with E-state index in [2.05, 4.69) is 10.3 Å². The zero-order valence-corrected chi connectivity index (χ0v) is 20.5. The van der Waals surface area contributed by atoms with Crippen LogP contribution in [0.25, 0.3) is 10.6 Å². The lowest BCUT2D eigenvalue weighted by atomic mass is 9.84. The van der Waals surface area contributed by atoms with Gasteiger partial charge in [0.25, 0.3) is 5.91 Å². The molecule has 7 heteroatoms. The number of nitrogens with one attached hydrogen (secondary N) is 1. The maximum absolute atomic E-state index is 13.2. The molecule has 33 heavy (non-hydrogen) atoms. The summed E-state index contributed by atoms with van der Waals surface area (Å²) in [7, 11) is 0. The van der Waals surface area contributed by atoms with E-state index in [0.717, 1.165) is 34.7 Å². The fourth-order valence-corrected chi connectivity index (χ4v) is 5.51. The Hall–Kier alpha value is -2.70. The number of likely N-dealkylation sites (tertiary alicyclic amines) is 1. The minimum Gasteiger partial charge on any atom is -0.352 e. The van der Waals surface area contributed by atoms with E-state index in [0.29, 0.717) is 29.5 Å². The van der Waals surface area contributed by atoms with E-state index in [4.69, 9.17) is 11.6 Å². The monoisotopic (exact) mass is 481 g/mol. The number of hydrogen-bond acceptors (Lipinski definition) is 4. The van der Waals surface area contributed by atoms with Gasteiger partial charge in [0, 0.05) is 36.1 Å². The van der Waals surface area contributed by atoms with Crippen molar-refractivity contribution in [3.63, 3.8) is 0 Å². The molecule has 2 heterocycles. The third-order valence-electron chi connectivity index (χ3n) is 6.31. The summed E-state index contributed by atoms with van der Waals surface area (Å²) >= 11 is 7.48. The number of thiazole rings is 1. The van der Waals surface area contributed by atoms with Gasteiger partial charge in [0.1, 0.15) is 9.88 Å². The topological polar surface area (TPSA) is 62.3 Å². The molecule has 1 saturated heterocycles. The van der Waals surface area contributed by atoms with E-state index in [-0.39, 0.29) is 23.7 Å². The number of aryl methyl sites for hydroxylation is 1. The van der Waals surface area contributed by atoms with Gasteiger partial charge < -0.3 is 10.2 Å². The quantitative estimate of drug-likeness (QED) is 0.500. The number of piperidine rings is 1. The van der Waals surface area contributed by atoms with Crippen LogP contribution in [0.2, 0.25) is 5.02 Å². The first-order chi connectivity index (χ1) is 15.9. The Bertz CT molecular complexity index is 1120. The number of aromatic nitrogens is 1. The third-order valence-corrected chi connectivity index (χ3v) is 7.74. The number of carbonyl (C=O) groups is 2. The largest absolute Gasteiger partial charge is 0.352 e. The molecule has 0 saturated carbocycles. The van der Waals surface area contributed by atoms with Gasteiger partial charge in [-0.1, -0.05) is 61.0 Å². The summed E-state index contributed by atoms with van der Waals surface area (Å²) in [5, 5.41) is 4.56. The van der Waals surface area contributed by atoms with E-state index < -0.39 is 0 Å². The number of nitrogens with zero attached hydrogens (tertiary/aromatic N) is 2. The highest BCUT2D eigenvalue weighted by Crippen LogP contribution is 2.31. The molecule has 1 aliphatic rings. The van der Waals surface area contributed by atoms with Crippen LogP contribution in [0.15, 0.2) is 54.6 Å². The molecule has 2 aromatic carbocycles. The number of amides is 2. The summed E-state index contributed by atoms with van der Waals surface area (Å²) < 4.78 is 0. The summed E-state index contributed by atoms with van der Waals surface area (Å²) in [5.41, 5.74) is 2.79. The van der Waals surface area contributed by atoms with Crippen LogP contribution in [-0.4, -0.2) is 34.8 Å². The second-order valence-corrected chi connectivity index (χ2v) is 10.0. The van der Waals surface area contributed by atoms with Gasteiger partial charge in [-0.3, -0.25) is 9.59 Å². The Kier molecular flexibility index (Phi) is 7.46.